The van der Waals surface area contributed by atoms with Crippen molar-refractivity contribution in [1.82, 2.24) is 19.6 Å². The Morgan fingerprint density at radius 2 is 2.28 bits per heavy atom. The Morgan fingerprint density at radius 1 is 1.44 bits per heavy atom. The molecule has 0 amide bonds. The predicted octanol–water partition coefficient (Wildman–Crippen LogP) is 2.92. The average molecular weight is 341 g/mol. The van der Waals surface area contributed by atoms with Gasteiger partial charge in [-0.05, 0) is 31.9 Å². The number of hydrogen-bond acceptors (Lipinski definition) is 7. The van der Waals surface area contributed by atoms with Crippen LogP contribution >= 0.6 is 0 Å². The molecule has 8 nitrogen and oxygen atoms in total. The fourth-order valence-corrected chi connectivity index (χ4v) is 3.09. The number of fused-ring (bicyclic) bond motifs is 1. The van der Waals surface area contributed by atoms with Crippen molar-refractivity contribution in [1.29, 1.82) is 0 Å². The van der Waals surface area contributed by atoms with Gasteiger partial charge in [0.15, 0.2) is 11.4 Å². The highest BCUT2D eigenvalue weighted by atomic mass is 16.5. The van der Waals surface area contributed by atoms with Crippen LogP contribution in [0.15, 0.2) is 29.0 Å². The molecule has 0 atom stereocenters. The lowest BCUT2D eigenvalue weighted by molar-refractivity contribution is 0.0527. The zero-order valence-electron chi connectivity index (χ0n) is 13.9. The van der Waals surface area contributed by atoms with Gasteiger partial charge in [-0.2, -0.15) is 4.52 Å². The van der Waals surface area contributed by atoms with Gasteiger partial charge in [-0.25, -0.2) is 14.8 Å². The van der Waals surface area contributed by atoms with Crippen LogP contribution in [0, 0.1) is 0 Å². The van der Waals surface area contributed by atoms with Gasteiger partial charge in [0, 0.05) is 12.2 Å². The molecule has 1 fully saturated rings. The van der Waals surface area contributed by atoms with Gasteiger partial charge >= 0.3 is 5.97 Å². The molecule has 4 rings (SSSR count). The van der Waals surface area contributed by atoms with Gasteiger partial charge in [-0.15, -0.1) is 5.10 Å². The van der Waals surface area contributed by atoms with Crippen LogP contribution in [0.25, 0.3) is 17.2 Å². The minimum Gasteiger partial charge on any atom is -0.462 e. The maximum absolute atomic E-state index is 12.2. The Kier molecular flexibility index (Phi) is 4.09. The lowest BCUT2D eigenvalue weighted by Crippen LogP contribution is -2.19. The molecule has 3 heterocycles. The summed E-state index contributed by atoms with van der Waals surface area (Å²) in [5.41, 5.74) is 0.685. The van der Waals surface area contributed by atoms with Gasteiger partial charge in [-0.3, -0.25) is 0 Å². The largest absolute Gasteiger partial charge is 0.462 e. The zero-order chi connectivity index (χ0) is 17.2. The van der Waals surface area contributed by atoms with Crippen molar-refractivity contribution in [3.63, 3.8) is 0 Å². The molecule has 0 saturated heterocycles. The predicted molar refractivity (Wildman–Crippen MR) is 90.3 cm³/mol. The van der Waals surface area contributed by atoms with Crippen molar-refractivity contribution < 1.29 is 13.9 Å². The zero-order valence-corrected chi connectivity index (χ0v) is 13.9. The summed E-state index contributed by atoms with van der Waals surface area (Å²) in [4.78, 5) is 21.1. The lowest BCUT2D eigenvalue weighted by atomic mass is 10.2. The molecule has 130 valence electrons. The highest BCUT2D eigenvalue weighted by Crippen LogP contribution is 2.24. The number of esters is 1. The third-order valence-electron chi connectivity index (χ3n) is 4.29. The van der Waals surface area contributed by atoms with Crippen molar-refractivity contribution >= 4 is 17.6 Å². The Bertz CT molecular complexity index is 881. The number of carbonyl (C=O) groups excluding carboxylic acids is 1. The molecule has 1 saturated carbocycles. The molecule has 0 aromatic carbocycles. The van der Waals surface area contributed by atoms with E-state index in [0.717, 1.165) is 12.8 Å². The van der Waals surface area contributed by atoms with E-state index in [2.05, 4.69) is 20.4 Å². The van der Waals surface area contributed by atoms with Crippen LogP contribution in [-0.4, -0.2) is 38.2 Å². The Balaban J connectivity index is 1.80. The first-order valence-electron chi connectivity index (χ1n) is 8.49. The van der Waals surface area contributed by atoms with Gasteiger partial charge in [0.05, 0.1) is 12.9 Å². The van der Waals surface area contributed by atoms with E-state index in [0.29, 0.717) is 29.2 Å². The van der Waals surface area contributed by atoms with Crippen LogP contribution in [0.2, 0.25) is 0 Å². The number of furan rings is 1. The van der Waals surface area contributed by atoms with E-state index >= 15 is 0 Å². The fraction of sp³-hybridized carbons (Fsp3) is 0.412. The molecule has 0 spiro atoms. The quantitative estimate of drug-likeness (QED) is 0.713. The summed E-state index contributed by atoms with van der Waals surface area (Å²) >= 11 is 0. The van der Waals surface area contributed by atoms with Crippen molar-refractivity contribution in [3.8, 4) is 11.6 Å². The average Bonchev–Trinajstić information content (AvgIpc) is 3.36. The minimum absolute atomic E-state index is 0.282. The molecule has 3 aromatic rings. The second-order valence-electron chi connectivity index (χ2n) is 5.99. The third-order valence-corrected chi connectivity index (χ3v) is 4.29. The molecule has 1 N–H and O–H groups in total. The number of rotatable bonds is 5. The molecular formula is C17H19N5O3. The highest BCUT2D eigenvalue weighted by molar-refractivity contribution is 5.95. The van der Waals surface area contributed by atoms with Gasteiger partial charge < -0.3 is 14.5 Å². The van der Waals surface area contributed by atoms with Crippen LogP contribution in [-0.2, 0) is 4.74 Å². The molecule has 1 aliphatic carbocycles. The van der Waals surface area contributed by atoms with E-state index in [1.165, 1.54) is 19.0 Å². The van der Waals surface area contributed by atoms with E-state index in [1.54, 1.807) is 29.8 Å². The van der Waals surface area contributed by atoms with E-state index in [-0.39, 0.29) is 12.2 Å². The van der Waals surface area contributed by atoms with Gasteiger partial charge in [0.1, 0.15) is 5.56 Å². The Hall–Kier alpha value is -2.90. The smallest absolute Gasteiger partial charge is 0.343 e. The Morgan fingerprint density at radius 3 is 3.00 bits per heavy atom. The van der Waals surface area contributed by atoms with Gasteiger partial charge in [-0.1, -0.05) is 12.8 Å². The summed E-state index contributed by atoms with van der Waals surface area (Å²) in [6.07, 6.45) is 7.66. The molecule has 25 heavy (non-hydrogen) atoms. The summed E-state index contributed by atoms with van der Waals surface area (Å²) in [5.74, 6) is 1.04. The van der Waals surface area contributed by atoms with Crippen molar-refractivity contribution in [2.24, 2.45) is 0 Å². The van der Waals surface area contributed by atoms with E-state index in [4.69, 9.17) is 9.15 Å². The molecule has 8 heteroatoms. The third kappa shape index (κ3) is 2.95. The highest BCUT2D eigenvalue weighted by Gasteiger charge is 2.22. The first-order valence-corrected chi connectivity index (χ1v) is 8.49. The number of carbonyl (C=O) groups is 1. The van der Waals surface area contributed by atoms with Crippen LogP contribution in [0.3, 0.4) is 0 Å². The number of hydrogen-bond donors (Lipinski definition) is 1. The first-order chi connectivity index (χ1) is 12.3. The lowest BCUT2D eigenvalue weighted by Gasteiger charge is -2.13. The summed E-state index contributed by atoms with van der Waals surface area (Å²) in [5, 5.41) is 7.89. The normalized spacial score (nSPS) is 14.9. The van der Waals surface area contributed by atoms with Crippen LogP contribution in [0.4, 0.5) is 5.95 Å². The van der Waals surface area contributed by atoms with Gasteiger partial charge in [0.25, 0.3) is 0 Å². The second-order valence-corrected chi connectivity index (χ2v) is 5.99. The van der Waals surface area contributed by atoms with Crippen molar-refractivity contribution in [2.75, 3.05) is 11.9 Å². The van der Waals surface area contributed by atoms with Crippen molar-refractivity contribution in [3.05, 3.63) is 30.2 Å². The molecule has 0 aliphatic heterocycles. The van der Waals surface area contributed by atoms with Crippen molar-refractivity contribution in [2.45, 2.75) is 38.6 Å². The summed E-state index contributed by atoms with van der Waals surface area (Å²) in [6.45, 7) is 2.04. The summed E-state index contributed by atoms with van der Waals surface area (Å²) < 4.78 is 12.0. The molecule has 1 aliphatic rings. The Labute approximate surface area is 144 Å². The monoisotopic (exact) mass is 341 g/mol. The SMILES string of the molecule is CCOC(=O)c1cnc(NC2CCCC2)n2nc(-c3ccco3)nc12. The number of nitrogens with one attached hydrogen (secondary N) is 1. The van der Waals surface area contributed by atoms with Crippen LogP contribution in [0.1, 0.15) is 43.0 Å². The molecular weight excluding hydrogens is 322 g/mol. The number of nitrogens with zero attached hydrogens (tertiary/aromatic N) is 4. The molecule has 0 radical (unpaired) electrons. The fourth-order valence-electron chi connectivity index (χ4n) is 3.09. The topological polar surface area (TPSA) is 94.5 Å². The van der Waals surface area contributed by atoms with Crippen LogP contribution in [0.5, 0.6) is 0 Å². The first kappa shape index (κ1) is 15.6. The number of aromatic nitrogens is 4. The molecule has 0 bridgehead atoms. The van der Waals surface area contributed by atoms with Gasteiger partial charge in [0.2, 0.25) is 11.8 Å². The number of ether oxygens (including phenoxy) is 1. The standard InChI is InChI=1S/C17H19N5O3/c1-2-24-16(23)12-10-18-17(19-11-6-3-4-7-11)22-15(12)20-14(21-22)13-8-5-9-25-13/h5,8-11H,2-4,6-7H2,1H3,(H,18,19). The maximum atomic E-state index is 12.2. The van der Waals surface area contributed by atoms with Crippen LogP contribution < -0.4 is 5.32 Å². The molecule has 0 unspecified atom stereocenters. The number of anilines is 1. The summed E-state index contributed by atoms with van der Waals surface area (Å²) in [6, 6.07) is 3.90. The second kappa shape index (κ2) is 6.54. The summed E-state index contributed by atoms with van der Waals surface area (Å²) in [7, 11) is 0. The van der Waals surface area contributed by atoms with E-state index in [9.17, 15) is 4.79 Å². The van der Waals surface area contributed by atoms with E-state index in [1.807, 2.05) is 0 Å². The maximum Gasteiger partial charge on any atom is 0.343 e. The molecule has 3 aromatic heterocycles. The minimum atomic E-state index is -0.467. The van der Waals surface area contributed by atoms with E-state index < -0.39 is 5.97 Å².